The van der Waals surface area contributed by atoms with Gasteiger partial charge in [0.15, 0.2) is 0 Å². The standard InChI is InChI=1S/C16H19ClN4O/c1-3-21-9-13(18-19-21)8-16(22)20-7-6-12-4-5-15(17)11(2)14(12)10-20/h4-5,9H,3,6-8,10H2,1-2H3. The first kappa shape index (κ1) is 15.0. The second-order valence-corrected chi connectivity index (χ2v) is 6.02. The lowest BCUT2D eigenvalue weighted by Gasteiger charge is -2.30. The fraction of sp³-hybridized carbons (Fsp3) is 0.438. The van der Waals surface area contributed by atoms with E-state index in [1.807, 2.05) is 31.0 Å². The van der Waals surface area contributed by atoms with Crippen LogP contribution in [0.1, 0.15) is 29.3 Å². The van der Waals surface area contributed by atoms with Crippen molar-refractivity contribution in [3.63, 3.8) is 0 Å². The summed E-state index contributed by atoms with van der Waals surface area (Å²) in [5, 5.41) is 8.78. The highest BCUT2D eigenvalue weighted by molar-refractivity contribution is 6.31. The summed E-state index contributed by atoms with van der Waals surface area (Å²) in [6.07, 6.45) is 3.01. The number of nitrogens with zero attached hydrogens (tertiary/aromatic N) is 4. The van der Waals surface area contributed by atoms with Gasteiger partial charge in [0.05, 0.1) is 12.1 Å². The van der Waals surface area contributed by atoms with E-state index in [9.17, 15) is 4.79 Å². The molecular weight excluding hydrogens is 300 g/mol. The summed E-state index contributed by atoms with van der Waals surface area (Å²) in [5.74, 6) is 0.0909. The Hall–Kier alpha value is -1.88. The van der Waals surface area contributed by atoms with Crippen molar-refractivity contribution in [1.29, 1.82) is 0 Å². The molecule has 3 rings (SSSR count). The molecule has 0 saturated carbocycles. The zero-order valence-corrected chi connectivity index (χ0v) is 13.6. The van der Waals surface area contributed by atoms with Crippen LogP contribution in [0.2, 0.25) is 5.02 Å². The molecule has 0 aliphatic carbocycles. The number of aryl methyl sites for hydroxylation is 1. The molecule has 0 fully saturated rings. The van der Waals surface area contributed by atoms with Crippen LogP contribution >= 0.6 is 11.6 Å². The highest BCUT2D eigenvalue weighted by atomic mass is 35.5. The number of carbonyl (C=O) groups is 1. The molecule has 0 unspecified atom stereocenters. The molecule has 1 aromatic carbocycles. The number of amides is 1. The van der Waals surface area contributed by atoms with E-state index in [0.29, 0.717) is 13.0 Å². The molecule has 0 bridgehead atoms. The molecule has 116 valence electrons. The molecule has 2 heterocycles. The SMILES string of the molecule is CCn1cc(CC(=O)N2CCc3ccc(Cl)c(C)c3C2)nn1. The van der Waals surface area contributed by atoms with Crippen LogP contribution in [-0.2, 0) is 30.7 Å². The van der Waals surface area contributed by atoms with Gasteiger partial charge in [-0.05, 0) is 43.0 Å². The highest BCUT2D eigenvalue weighted by Gasteiger charge is 2.23. The molecule has 5 nitrogen and oxygen atoms in total. The fourth-order valence-electron chi connectivity index (χ4n) is 2.82. The number of halogens is 1. The first-order chi connectivity index (χ1) is 10.6. The minimum absolute atomic E-state index is 0.0909. The van der Waals surface area contributed by atoms with E-state index in [-0.39, 0.29) is 5.91 Å². The maximum atomic E-state index is 12.5. The van der Waals surface area contributed by atoms with Gasteiger partial charge in [0.2, 0.25) is 5.91 Å². The van der Waals surface area contributed by atoms with Crippen LogP contribution in [0, 0.1) is 6.92 Å². The molecule has 1 aliphatic rings. The van der Waals surface area contributed by atoms with Crippen LogP contribution in [-0.4, -0.2) is 32.3 Å². The third-order valence-corrected chi connectivity index (χ3v) is 4.63. The van der Waals surface area contributed by atoms with Gasteiger partial charge >= 0.3 is 0 Å². The Balaban J connectivity index is 1.73. The van der Waals surface area contributed by atoms with Crippen LogP contribution in [0.4, 0.5) is 0 Å². The van der Waals surface area contributed by atoms with Gasteiger partial charge in [-0.3, -0.25) is 9.48 Å². The lowest BCUT2D eigenvalue weighted by Crippen LogP contribution is -2.37. The van der Waals surface area contributed by atoms with Crippen molar-refractivity contribution in [2.45, 2.75) is 39.8 Å². The third-order valence-electron chi connectivity index (χ3n) is 4.22. The summed E-state index contributed by atoms with van der Waals surface area (Å²) in [4.78, 5) is 14.4. The number of hydrogen-bond donors (Lipinski definition) is 0. The Bertz CT molecular complexity index is 710. The maximum absolute atomic E-state index is 12.5. The van der Waals surface area contributed by atoms with E-state index in [4.69, 9.17) is 11.6 Å². The van der Waals surface area contributed by atoms with Crippen LogP contribution in [0.25, 0.3) is 0 Å². The maximum Gasteiger partial charge on any atom is 0.229 e. The minimum Gasteiger partial charge on any atom is -0.338 e. The minimum atomic E-state index is 0.0909. The molecule has 1 amide bonds. The quantitative estimate of drug-likeness (QED) is 0.873. The summed E-state index contributed by atoms with van der Waals surface area (Å²) in [7, 11) is 0. The molecule has 0 spiro atoms. The highest BCUT2D eigenvalue weighted by Crippen LogP contribution is 2.27. The van der Waals surface area contributed by atoms with E-state index in [2.05, 4.69) is 16.4 Å². The molecule has 22 heavy (non-hydrogen) atoms. The van der Waals surface area contributed by atoms with Gasteiger partial charge in [0.25, 0.3) is 0 Å². The molecule has 2 aromatic rings. The Labute approximate surface area is 134 Å². The molecular formula is C16H19ClN4O. The molecule has 6 heteroatoms. The first-order valence-corrected chi connectivity index (χ1v) is 7.90. The molecule has 0 N–H and O–H groups in total. The van der Waals surface area contributed by atoms with Crippen molar-refractivity contribution in [2.24, 2.45) is 0 Å². The predicted octanol–water partition coefficient (Wildman–Crippen LogP) is 2.39. The van der Waals surface area contributed by atoms with Crippen LogP contribution in [0.3, 0.4) is 0 Å². The lowest BCUT2D eigenvalue weighted by atomic mass is 9.95. The van der Waals surface area contributed by atoms with Gasteiger partial charge in [0, 0.05) is 30.9 Å². The van der Waals surface area contributed by atoms with E-state index in [1.54, 1.807) is 4.68 Å². The Morgan fingerprint density at radius 3 is 2.95 bits per heavy atom. The van der Waals surface area contributed by atoms with E-state index in [0.717, 1.165) is 35.8 Å². The van der Waals surface area contributed by atoms with Gasteiger partial charge in [-0.25, -0.2) is 0 Å². The monoisotopic (exact) mass is 318 g/mol. The fourth-order valence-corrected chi connectivity index (χ4v) is 2.99. The zero-order chi connectivity index (χ0) is 15.7. The van der Waals surface area contributed by atoms with Crippen LogP contribution < -0.4 is 0 Å². The van der Waals surface area contributed by atoms with Crippen molar-refractivity contribution < 1.29 is 4.79 Å². The van der Waals surface area contributed by atoms with Gasteiger partial charge in [0.1, 0.15) is 0 Å². The number of rotatable bonds is 3. The van der Waals surface area contributed by atoms with Crippen molar-refractivity contribution >= 4 is 17.5 Å². The van der Waals surface area contributed by atoms with E-state index >= 15 is 0 Å². The number of carbonyl (C=O) groups excluding carboxylic acids is 1. The summed E-state index contributed by atoms with van der Waals surface area (Å²) in [6, 6.07) is 4.01. The predicted molar refractivity (Wildman–Crippen MR) is 84.7 cm³/mol. The molecule has 1 aromatic heterocycles. The second kappa shape index (κ2) is 6.08. The summed E-state index contributed by atoms with van der Waals surface area (Å²) < 4.78 is 1.73. The van der Waals surface area contributed by atoms with Gasteiger partial charge in [-0.15, -0.1) is 5.10 Å². The normalized spacial score (nSPS) is 14.0. The number of benzene rings is 1. The number of hydrogen-bond acceptors (Lipinski definition) is 3. The van der Waals surface area contributed by atoms with Gasteiger partial charge < -0.3 is 4.90 Å². The lowest BCUT2D eigenvalue weighted by molar-refractivity contribution is -0.131. The first-order valence-electron chi connectivity index (χ1n) is 7.52. The molecule has 0 radical (unpaired) electrons. The topological polar surface area (TPSA) is 51.0 Å². The smallest absolute Gasteiger partial charge is 0.229 e. The van der Waals surface area contributed by atoms with Crippen LogP contribution in [0.5, 0.6) is 0 Å². The van der Waals surface area contributed by atoms with E-state index < -0.39 is 0 Å². The van der Waals surface area contributed by atoms with Gasteiger partial charge in [-0.1, -0.05) is 22.9 Å². The Morgan fingerprint density at radius 2 is 2.23 bits per heavy atom. The largest absolute Gasteiger partial charge is 0.338 e. The average molecular weight is 319 g/mol. The number of aromatic nitrogens is 3. The van der Waals surface area contributed by atoms with Crippen molar-refractivity contribution in [3.05, 3.63) is 45.7 Å². The van der Waals surface area contributed by atoms with Crippen molar-refractivity contribution in [3.8, 4) is 0 Å². The summed E-state index contributed by atoms with van der Waals surface area (Å²) >= 11 is 6.20. The van der Waals surface area contributed by atoms with Crippen molar-refractivity contribution in [1.82, 2.24) is 19.9 Å². The van der Waals surface area contributed by atoms with Gasteiger partial charge in [-0.2, -0.15) is 0 Å². The van der Waals surface area contributed by atoms with Crippen LogP contribution in [0.15, 0.2) is 18.3 Å². The van der Waals surface area contributed by atoms with E-state index in [1.165, 1.54) is 11.1 Å². The molecule has 1 aliphatic heterocycles. The Kier molecular flexibility index (Phi) is 4.16. The molecule has 0 saturated heterocycles. The number of fused-ring (bicyclic) bond motifs is 1. The zero-order valence-electron chi connectivity index (χ0n) is 12.8. The Morgan fingerprint density at radius 1 is 1.41 bits per heavy atom. The third kappa shape index (κ3) is 2.86. The summed E-state index contributed by atoms with van der Waals surface area (Å²) in [5.41, 5.74) is 4.28. The molecule has 0 atom stereocenters. The second-order valence-electron chi connectivity index (χ2n) is 5.62. The average Bonchev–Trinajstić information content (AvgIpc) is 2.98. The summed E-state index contributed by atoms with van der Waals surface area (Å²) in [6.45, 7) is 6.14. The van der Waals surface area contributed by atoms with Crippen molar-refractivity contribution in [2.75, 3.05) is 6.54 Å².